The van der Waals surface area contributed by atoms with E-state index in [4.69, 9.17) is 27.7 Å². The van der Waals surface area contributed by atoms with Crippen molar-refractivity contribution in [1.29, 1.82) is 0 Å². The number of benzene rings is 2. The zero-order valence-corrected chi connectivity index (χ0v) is 26.9. The molecule has 0 unspecified atom stereocenters. The van der Waals surface area contributed by atoms with Crippen molar-refractivity contribution >= 4 is 33.1 Å². The van der Waals surface area contributed by atoms with Crippen LogP contribution in [0.5, 0.6) is 0 Å². The van der Waals surface area contributed by atoms with Crippen LogP contribution in [0.15, 0.2) is 72.5 Å². The molecule has 3 rings (SSSR count). The molecule has 3 N–H and O–H groups in total. The number of ketones is 1. The summed E-state index contributed by atoms with van der Waals surface area (Å²) in [6, 6.07) is 19.5. The van der Waals surface area contributed by atoms with E-state index in [1.54, 1.807) is 13.8 Å². The van der Waals surface area contributed by atoms with E-state index in [1.165, 1.54) is 25.9 Å². The number of carbonyl (C=O) groups is 3. The summed E-state index contributed by atoms with van der Waals surface area (Å²) in [5.41, 5.74) is 7.55. The van der Waals surface area contributed by atoms with Gasteiger partial charge in [-0.2, -0.15) is 7.74 Å². The van der Waals surface area contributed by atoms with Crippen LogP contribution in [0, 0.1) is 7.43 Å². The topological polar surface area (TPSA) is 126 Å². The standard InChI is InChI=1S/C12H15NO3.C8H12O4.C7H9N.2C2H6.CH3.B2H3/c1-16-9-11(14)7-12(15)13-8-10-5-3-2-4-6-10;1-8(2)11-6(5-10-3)4-7(9)12-8;8-6-7-4-2-1-3-5-7;2*1-2;;1-2/h2-6H,7-9H2,1H3,(H,13,15);4H,5H2,1-3H3;1-5H,6,8H2;2*1-2H3;1H3;1H3/q;;;;;2*-1. The van der Waals surface area contributed by atoms with Crippen molar-refractivity contribution in [2.24, 2.45) is 5.73 Å². The molecule has 2 radical (unpaired) electrons. The van der Waals surface area contributed by atoms with Crippen molar-refractivity contribution in [3.8, 4) is 0 Å². The molecule has 1 aliphatic rings. The number of rotatable bonds is 9. The number of amides is 1. The van der Waals surface area contributed by atoms with E-state index in [2.05, 4.69) is 10.1 Å². The Hall–Kier alpha value is -3.40. The summed E-state index contributed by atoms with van der Waals surface area (Å²) in [6.45, 7) is 12.7. The zero-order chi connectivity index (χ0) is 32.8. The van der Waals surface area contributed by atoms with Crippen LogP contribution < -0.4 is 11.1 Å². The number of nitrogens with two attached hydrogens (primary N) is 1. The lowest BCUT2D eigenvalue weighted by atomic mass is 9.81. The highest BCUT2D eigenvalue weighted by Gasteiger charge is 2.29. The Morgan fingerprint density at radius 2 is 1.37 bits per heavy atom. The third kappa shape index (κ3) is 27.2. The lowest BCUT2D eigenvalue weighted by molar-refractivity contribution is -0.207. The Labute approximate surface area is 262 Å². The average molecular weight is 600 g/mol. The SMILES string of the molecule is CC.CC.COCC(=O)CC(=O)NCc1ccccc1.COCC1=CC(=O)OC(C)(C)O1.NCc1ccccc1.[B][BH3-].[CH3-]. The number of nitrogens with one attached hydrogen (secondary N) is 1. The Morgan fingerprint density at radius 1 is 0.884 bits per heavy atom. The van der Waals surface area contributed by atoms with Gasteiger partial charge >= 0.3 is 5.97 Å². The predicted molar refractivity (Wildman–Crippen MR) is 180 cm³/mol. The van der Waals surface area contributed by atoms with Crippen molar-refractivity contribution in [1.82, 2.24) is 5.32 Å². The Bertz CT molecular complexity index is 974. The highest BCUT2D eigenvalue weighted by atomic mass is 16.7. The number of Topliss-reactive ketones (excluding diaryl/α,β-unsaturated/α-hetero) is 1. The molecule has 0 spiro atoms. The van der Waals surface area contributed by atoms with E-state index in [0.29, 0.717) is 25.5 Å². The molecule has 0 aliphatic carbocycles. The normalized spacial score (nSPS) is 11.6. The van der Waals surface area contributed by atoms with Gasteiger partial charge in [0.1, 0.15) is 19.0 Å². The molecule has 1 amide bonds. The molecular formula is C32H54B2N2O7-2. The first-order chi connectivity index (χ1) is 20.2. The number of ether oxygens (including phenoxy) is 4. The first-order valence-corrected chi connectivity index (χ1v) is 13.4. The lowest BCUT2D eigenvalue weighted by Crippen LogP contribution is -2.35. The number of hydrogen-bond donors (Lipinski definition) is 2. The molecule has 0 aromatic heterocycles. The Kier molecular flexibility index (Phi) is 34.1. The second-order valence-electron chi connectivity index (χ2n) is 8.07. The summed E-state index contributed by atoms with van der Waals surface area (Å²) in [6.07, 6.45) is 1.16. The summed E-state index contributed by atoms with van der Waals surface area (Å²) >= 11 is 0. The van der Waals surface area contributed by atoms with Crippen LogP contribution in [0.3, 0.4) is 0 Å². The molecule has 11 heteroatoms. The maximum Gasteiger partial charge on any atom is 0.337 e. The van der Waals surface area contributed by atoms with Crippen molar-refractivity contribution in [3.63, 3.8) is 0 Å². The molecule has 2 aromatic rings. The molecule has 242 valence electrons. The number of cyclic esters (lactones) is 1. The monoisotopic (exact) mass is 600 g/mol. The number of carbonyl (C=O) groups excluding carboxylic acids is 3. The van der Waals surface area contributed by atoms with Crippen LogP contribution in [0.1, 0.15) is 59.1 Å². The minimum absolute atomic E-state index is 0. The second kappa shape index (κ2) is 31.5. The minimum atomic E-state index is -0.875. The minimum Gasteiger partial charge on any atom is -0.454 e. The van der Waals surface area contributed by atoms with E-state index in [0.717, 1.165) is 5.56 Å². The maximum absolute atomic E-state index is 11.3. The number of esters is 1. The summed E-state index contributed by atoms with van der Waals surface area (Å²) < 4.78 is 19.6. The molecule has 0 atom stereocenters. The van der Waals surface area contributed by atoms with Gasteiger partial charge in [0.05, 0.1) is 12.5 Å². The fourth-order valence-electron chi connectivity index (χ4n) is 2.85. The van der Waals surface area contributed by atoms with Gasteiger partial charge in [0.2, 0.25) is 11.7 Å². The van der Waals surface area contributed by atoms with Gasteiger partial charge in [-0.3, -0.25) is 9.59 Å². The van der Waals surface area contributed by atoms with E-state index < -0.39 is 11.8 Å². The Balaban J connectivity index is -0.000000250. The maximum atomic E-state index is 11.3. The second-order valence-corrected chi connectivity index (χ2v) is 8.07. The summed E-state index contributed by atoms with van der Waals surface area (Å²) in [4.78, 5) is 33.3. The molecule has 9 nitrogen and oxygen atoms in total. The van der Waals surface area contributed by atoms with Crippen LogP contribution in [0.2, 0.25) is 0 Å². The van der Waals surface area contributed by atoms with Crippen molar-refractivity contribution in [2.45, 2.75) is 66.8 Å². The summed E-state index contributed by atoms with van der Waals surface area (Å²) in [7, 11) is 7.97. The predicted octanol–water partition coefficient (Wildman–Crippen LogP) is 3.82. The summed E-state index contributed by atoms with van der Waals surface area (Å²) in [5.74, 6) is -1.25. The third-order valence-corrected chi connectivity index (χ3v) is 4.36. The molecule has 0 saturated carbocycles. The first-order valence-electron chi connectivity index (χ1n) is 13.4. The molecule has 0 bridgehead atoms. The summed E-state index contributed by atoms with van der Waals surface area (Å²) in [5, 5.41) is 2.67. The van der Waals surface area contributed by atoms with Crippen molar-refractivity contribution in [2.75, 3.05) is 27.4 Å². The van der Waals surface area contributed by atoms with Crippen molar-refractivity contribution < 1.29 is 33.3 Å². The quantitative estimate of drug-likeness (QED) is 0.193. The van der Waals surface area contributed by atoms with Gasteiger partial charge in [-0.1, -0.05) is 96.1 Å². The average Bonchev–Trinajstić information content (AvgIpc) is 3.00. The Morgan fingerprint density at radius 3 is 1.77 bits per heavy atom. The largest absolute Gasteiger partial charge is 0.454 e. The van der Waals surface area contributed by atoms with Gasteiger partial charge in [0, 0.05) is 41.2 Å². The van der Waals surface area contributed by atoms with Crippen LogP contribution in [-0.4, -0.2) is 66.4 Å². The van der Waals surface area contributed by atoms with E-state index >= 15 is 0 Å². The molecule has 1 aliphatic heterocycles. The van der Waals surface area contributed by atoms with E-state index in [-0.39, 0.29) is 39.9 Å². The van der Waals surface area contributed by atoms with Gasteiger partial charge in [0.25, 0.3) is 0 Å². The van der Waals surface area contributed by atoms with Gasteiger partial charge < -0.3 is 37.4 Å². The van der Waals surface area contributed by atoms with Crippen LogP contribution in [-0.2, 0) is 46.4 Å². The lowest BCUT2D eigenvalue weighted by Gasteiger charge is -2.30. The van der Waals surface area contributed by atoms with E-state index in [1.807, 2.05) is 88.4 Å². The highest BCUT2D eigenvalue weighted by Crippen LogP contribution is 2.21. The molecule has 0 fully saturated rings. The van der Waals surface area contributed by atoms with Gasteiger partial charge in [-0.15, -0.1) is 0 Å². The first kappa shape index (κ1) is 46.6. The molecular weight excluding hydrogens is 546 g/mol. The van der Waals surface area contributed by atoms with E-state index in [9.17, 15) is 14.4 Å². The van der Waals surface area contributed by atoms with Crippen molar-refractivity contribution in [3.05, 3.63) is 91.1 Å². The van der Waals surface area contributed by atoms with Gasteiger partial charge in [0.15, 0.2) is 5.78 Å². The molecule has 1 heterocycles. The van der Waals surface area contributed by atoms with Crippen LogP contribution in [0.25, 0.3) is 0 Å². The number of hydrogen-bond acceptors (Lipinski definition) is 8. The number of methoxy groups -OCH3 is 2. The third-order valence-electron chi connectivity index (χ3n) is 4.36. The smallest absolute Gasteiger partial charge is 0.337 e. The molecule has 43 heavy (non-hydrogen) atoms. The zero-order valence-electron chi connectivity index (χ0n) is 26.9. The van der Waals surface area contributed by atoms with Crippen LogP contribution in [0.4, 0.5) is 0 Å². The molecule has 0 saturated heterocycles. The fourth-order valence-corrected chi connectivity index (χ4v) is 2.85. The van der Waals surface area contributed by atoms with Gasteiger partial charge in [-0.05, 0) is 11.1 Å². The van der Waals surface area contributed by atoms with Crippen LogP contribution >= 0.6 is 0 Å². The van der Waals surface area contributed by atoms with Gasteiger partial charge in [-0.25, -0.2) is 4.79 Å². The highest BCUT2D eigenvalue weighted by molar-refractivity contribution is 6.75. The molecule has 2 aromatic carbocycles. The fraction of sp³-hybridized carbons (Fsp3) is 0.438.